The highest BCUT2D eigenvalue weighted by atomic mass is 32.1. The van der Waals surface area contributed by atoms with E-state index in [1.165, 1.54) is 6.20 Å². The van der Waals surface area contributed by atoms with Crippen molar-refractivity contribution < 1.29 is 4.79 Å². The zero-order valence-corrected chi connectivity index (χ0v) is 10.7. The maximum Gasteiger partial charge on any atom is 0.226 e. The van der Waals surface area contributed by atoms with E-state index in [4.69, 9.17) is 5.73 Å². The van der Waals surface area contributed by atoms with Crippen LogP contribution in [0, 0.1) is 5.41 Å². The lowest BCUT2D eigenvalue weighted by atomic mass is 9.87. The predicted octanol–water partition coefficient (Wildman–Crippen LogP) is 1.63. The number of nitrogens with two attached hydrogens (primary N) is 1. The highest BCUT2D eigenvalue weighted by Gasteiger charge is 2.18. The molecule has 0 bridgehead atoms. The van der Waals surface area contributed by atoms with Crippen LogP contribution in [0.3, 0.4) is 0 Å². The van der Waals surface area contributed by atoms with E-state index in [0.29, 0.717) is 11.4 Å². The van der Waals surface area contributed by atoms with Gasteiger partial charge in [0.15, 0.2) is 0 Å². The van der Waals surface area contributed by atoms with E-state index < -0.39 is 0 Å². The summed E-state index contributed by atoms with van der Waals surface area (Å²) < 4.78 is 3.66. The molecule has 90 valence electrons. The highest BCUT2D eigenvalue weighted by Crippen LogP contribution is 2.21. The molecule has 0 saturated carbocycles. The first-order valence-corrected chi connectivity index (χ1v) is 5.97. The monoisotopic (exact) mass is 242 g/mol. The van der Waals surface area contributed by atoms with Crippen LogP contribution in [0.1, 0.15) is 33.6 Å². The molecule has 5 nitrogen and oxygen atoms in total. The fourth-order valence-electron chi connectivity index (χ4n) is 1.51. The van der Waals surface area contributed by atoms with Crippen molar-refractivity contribution in [1.29, 1.82) is 0 Å². The van der Waals surface area contributed by atoms with Gasteiger partial charge in [-0.15, -0.1) is 5.10 Å². The van der Waals surface area contributed by atoms with E-state index in [1.807, 2.05) is 0 Å². The molecule has 6 heteroatoms. The van der Waals surface area contributed by atoms with E-state index in [1.54, 1.807) is 0 Å². The van der Waals surface area contributed by atoms with Crippen molar-refractivity contribution in [2.45, 2.75) is 39.7 Å². The summed E-state index contributed by atoms with van der Waals surface area (Å²) in [4.78, 5) is 11.6. The second kappa shape index (κ2) is 5.36. The molecule has 1 aromatic rings. The van der Waals surface area contributed by atoms with Gasteiger partial charge in [0.1, 0.15) is 5.00 Å². The number of carbonyl (C=O) groups excluding carboxylic acids is 1. The molecule has 1 amide bonds. The number of rotatable bonds is 4. The van der Waals surface area contributed by atoms with Gasteiger partial charge in [-0.25, -0.2) is 0 Å². The lowest BCUT2D eigenvalue weighted by molar-refractivity contribution is -0.116. The summed E-state index contributed by atoms with van der Waals surface area (Å²) in [5, 5.41) is 7.01. The Hall–Kier alpha value is -1.01. The molecule has 3 N–H and O–H groups in total. The van der Waals surface area contributed by atoms with Crippen LogP contribution >= 0.6 is 11.5 Å². The van der Waals surface area contributed by atoms with Crippen molar-refractivity contribution in [3.63, 3.8) is 0 Å². The summed E-state index contributed by atoms with van der Waals surface area (Å²) in [5.74, 6) is -0.0807. The Balaban J connectivity index is 2.34. The molecule has 0 saturated heterocycles. The molecule has 1 rings (SSSR count). The van der Waals surface area contributed by atoms with E-state index in [-0.39, 0.29) is 17.4 Å². The van der Waals surface area contributed by atoms with Gasteiger partial charge in [0, 0.05) is 24.0 Å². The minimum absolute atomic E-state index is 0.0807. The molecule has 1 atom stereocenters. The SMILES string of the molecule is CC(C)(C)CC(N)CC(=O)Nc1cnns1. The molecular formula is C10H18N4OS. The third-order valence-corrected chi connectivity index (χ3v) is 2.53. The van der Waals surface area contributed by atoms with Crippen LogP contribution < -0.4 is 11.1 Å². The van der Waals surface area contributed by atoms with Gasteiger partial charge in [0.2, 0.25) is 5.91 Å². The maximum absolute atomic E-state index is 11.6. The zero-order chi connectivity index (χ0) is 12.2. The normalized spacial score (nSPS) is 13.5. The summed E-state index contributed by atoms with van der Waals surface area (Å²) in [7, 11) is 0. The lowest BCUT2D eigenvalue weighted by Crippen LogP contribution is -2.30. The topological polar surface area (TPSA) is 80.9 Å². The van der Waals surface area contributed by atoms with Crippen LogP contribution in [0.15, 0.2) is 6.20 Å². The minimum atomic E-state index is -0.110. The quantitative estimate of drug-likeness (QED) is 0.841. The van der Waals surface area contributed by atoms with Gasteiger partial charge in [-0.3, -0.25) is 4.79 Å². The number of anilines is 1. The number of carbonyl (C=O) groups is 1. The second-order valence-electron chi connectivity index (χ2n) is 5.06. The van der Waals surface area contributed by atoms with Crippen molar-refractivity contribution in [2.24, 2.45) is 11.1 Å². The number of hydrogen-bond donors (Lipinski definition) is 2. The van der Waals surface area contributed by atoms with E-state index in [0.717, 1.165) is 18.0 Å². The standard InChI is InChI=1S/C10H18N4OS/c1-10(2,3)5-7(11)4-8(15)13-9-6-12-14-16-9/h6-7H,4-5,11H2,1-3H3,(H,13,15). The van der Waals surface area contributed by atoms with Crippen LogP contribution in [0.4, 0.5) is 5.00 Å². The van der Waals surface area contributed by atoms with Gasteiger partial charge in [-0.05, 0) is 11.8 Å². The first kappa shape index (κ1) is 13.1. The average Bonchev–Trinajstić information content (AvgIpc) is 2.51. The molecule has 16 heavy (non-hydrogen) atoms. The van der Waals surface area contributed by atoms with Crippen LogP contribution in [0.25, 0.3) is 0 Å². The molecular weight excluding hydrogens is 224 g/mol. The summed E-state index contributed by atoms with van der Waals surface area (Å²) in [5.41, 5.74) is 6.05. The molecule has 1 aromatic heterocycles. The predicted molar refractivity (Wildman–Crippen MR) is 65.2 cm³/mol. The summed E-state index contributed by atoms with van der Waals surface area (Å²) in [6.45, 7) is 6.33. The fraction of sp³-hybridized carbons (Fsp3) is 0.700. The number of nitrogens with one attached hydrogen (secondary N) is 1. The molecule has 0 radical (unpaired) electrons. The van der Waals surface area contributed by atoms with E-state index >= 15 is 0 Å². The first-order valence-electron chi connectivity index (χ1n) is 5.19. The van der Waals surface area contributed by atoms with Gasteiger partial charge in [0.05, 0.1) is 6.20 Å². The van der Waals surface area contributed by atoms with Gasteiger partial charge < -0.3 is 11.1 Å². The molecule has 0 fully saturated rings. The Morgan fingerprint density at radius 2 is 2.31 bits per heavy atom. The first-order chi connectivity index (χ1) is 7.37. The van der Waals surface area contributed by atoms with Gasteiger partial charge in [-0.2, -0.15) is 0 Å². The lowest BCUT2D eigenvalue weighted by Gasteiger charge is -2.22. The Bertz CT molecular complexity index is 331. The van der Waals surface area contributed by atoms with E-state index in [2.05, 4.69) is 35.7 Å². The molecule has 0 aliphatic rings. The number of aromatic nitrogens is 2. The summed E-state index contributed by atoms with van der Waals surface area (Å²) in [6, 6.07) is -0.110. The van der Waals surface area contributed by atoms with Gasteiger partial charge in [-0.1, -0.05) is 25.3 Å². The van der Waals surface area contributed by atoms with Crippen molar-refractivity contribution in [3.8, 4) is 0 Å². The van der Waals surface area contributed by atoms with Gasteiger partial charge >= 0.3 is 0 Å². The average molecular weight is 242 g/mol. The molecule has 0 aliphatic carbocycles. The Morgan fingerprint density at radius 3 is 2.81 bits per heavy atom. The Morgan fingerprint density at radius 1 is 1.62 bits per heavy atom. The molecule has 1 unspecified atom stereocenters. The third kappa shape index (κ3) is 5.18. The Kier molecular flexibility index (Phi) is 4.37. The van der Waals surface area contributed by atoms with Crippen LogP contribution in [0.2, 0.25) is 0 Å². The van der Waals surface area contributed by atoms with Crippen LogP contribution in [-0.4, -0.2) is 21.5 Å². The molecule has 1 heterocycles. The molecule has 0 spiro atoms. The van der Waals surface area contributed by atoms with Crippen molar-refractivity contribution in [3.05, 3.63) is 6.20 Å². The van der Waals surface area contributed by atoms with Gasteiger partial charge in [0.25, 0.3) is 0 Å². The van der Waals surface area contributed by atoms with Crippen LogP contribution in [0.5, 0.6) is 0 Å². The zero-order valence-electron chi connectivity index (χ0n) is 9.86. The van der Waals surface area contributed by atoms with Crippen molar-refractivity contribution in [2.75, 3.05) is 5.32 Å². The second-order valence-corrected chi connectivity index (χ2v) is 5.84. The minimum Gasteiger partial charge on any atom is -0.327 e. The number of nitrogens with zero attached hydrogens (tertiary/aromatic N) is 2. The number of amides is 1. The summed E-state index contributed by atoms with van der Waals surface area (Å²) >= 11 is 1.16. The number of hydrogen-bond acceptors (Lipinski definition) is 5. The van der Waals surface area contributed by atoms with Crippen molar-refractivity contribution in [1.82, 2.24) is 9.59 Å². The highest BCUT2D eigenvalue weighted by molar-refractivity contribution is 7.10. The van der Waals surface area contributed by atoms with Crippen molar-refractivity contribution >= 4 is 22.4 Å². The summed E-state index contributed by atoms with van der Waals surface area (Å²) in [6.07, 6.45) is 2.67. The Labute approximate surface area is 99.6 Å². The molecule has 0 aliphatic heterocycles. The van der Waals surface area contributed by atoms with E-state index in [9.17, 15) is 4.79 Å². The third-order valence-electron chi connectivity index (χ3n) is 1.95. The largest absolute Gasteiger partial charge is 0.327 e. The van der Waals surface area contributed by atoms with Crippen LogP contribution in [-0.2, 0) is 4.79 Å². The maximum atomic E-state index is 11.6. The smallest absolute Gasteiger partial charge is 0.226 e. The fourth-order valence-corrected chi connectivity index (χ4v) is 1.94. The molecule has 0 aromatic carbocycles.